The van der Waals surface area contributed by atoms with Gasteiger partial charge in [0.25, 0.3) is 5.91 Å². The number of amides is 1. The van der Waals surface area contributed by atoms with Crippen LogP contribution in [0, 0.1) is 6.92 Å². The van der Waals surface area contributed by atoms with Gasteiger partial charge in [0.1, 0.15) is 0 Å². The lowest BCUT2D eigenvalue weighted by molar-refractivity contribution is 0.0373. The molecule has 0 bridgehead atoms. The number of nitrogen functional groups attached to an aromatic ring is 1. The third-order valence-corrected chi connectivity index (χ3v) is 4.56. The Morgan fingerprint density at radius 3 is 2.95 bits per heavy atom. The minimum absolute atomic E-state index is 0.0939. The van der Waals surface area contributed by atoms with E-state index in [0.717, 1.165) is 25.2 Å². The third kappa shape index (κ3) is 2.52. The number of rotatable bonds is 1. The van der Waals surface area contributed by atoms with Gasteiger partial charge in [-0.1, -0.05) is 18.1 Å². The Bertz CT molecular complexity index is 514. The molecule has 2 heterocycles. The van der Waals surface area contributed by atoms with Crippen molar-refractivity contribution in [3.05, 3.63) is 29.3 Å². The predicted octanol–water partition coefficient (Wildman–Crippen LogP) is 1.89. The number of hydrogen-bond donors (Lipinski definition) is 1. The van der Waals surface area contributed by atoms with Gasteiger partial charge >= 0.3 is 0 Å². The first kappa shape index (κ1) is 13.4. The SMILES string of the molecule is Cc1ccc(N)c(C(=O)N2CCN3CCCCC3C2)c1. The van der Waals surface area contributed by atoms with Crippen LogP contribution in [0.25, 0.3) is 0 Å². The summed E-state index contributed by atoms with van der Waals surface area (Å²) in [6, 6.07) is 6.24. The summed E-state index contributed by atoms with van der Waals surface area (Å²) in [4.78, 5) is 17.2. The third-order valence-electron chi connectivity index (χ3n) is 4.56. The molecule has 1 amide bonds. The highest BCUT2D eigenvalue weighted by atomic mass is 16.2. The topological polar surface area (TPSA) is 49.6 Å². The number of nitrogens with zero attached hydrogens (tertiary/aromatic N) is 2. The molecular weight excluding hydrogens is 250 g/mol. The van der Waals surface area contributed by atoms with E-state index in [0.29, 0.717) is 17.3 Å². The average molecular weight is 273 g/mol. The van der Waals surface area contributed by atoms with Gasteiger partial charge in [0.05, 0.1) is 5.56 Å². The van der Waals surface area contributed by atoms with Crippen LogP contribution in [0.1, 0.15) is 35.2 Å². The number of nitrogens with two attached hydrogens (primary N) is 1. The molecule has 4 heteroatoms. The molecule has 2 aliphatic rings. The molecule has 1 aromatic rings. The van der Waals surface area contributed by atoms with Gasteiger partial charge in [-0.25, -0.2) is 0 Å². The lowest BCUT2D eigenvalue weighted by atomic mass is 9.98. The fourth-order valence-corrected chi connectivity index (χ4v) is 3.37. The van der Waals surface area contributed by atoms with Gasteiger partial charge in [-0.3, -0.25) is 9.69 Å². The summed E-state index contributed by atoms with van der Waals surface area (Å²) >= 11 is 0. The highest BCUT2D eigenvalue weighted by molar-refractivity contribution is 5.99. The van der Waals surface area contributed by atoms with Crippen molar-refractivity contribution in [2.75, 3.05) is 31.9 Å². The summed E-state index contributed by atoms with van der Waals surface area (Å²) in [5, 5.41) is 0. The molecule has 0 aromatic heterocycles. The maximum atomic E-state index is 12.7. The fraction of sp³-hybridized carbons (Fsp3) is 0.562. The van der Waals surface area contributed by atoms with Gasteiger partial charge in [0, 0.05) is 31.4 Å². The molecule has 0 aliphatic carbocycles. The maximum absolute atomic E-state index is 12.7. The second-order valence-electron chi connectivity index (χ2n) is 6.03. The molecule has 2 N–H and O–H groups in total. The molecule has 2 saturated heterocycles. The van der Waals surface area contributed by atoms with Gasteiger partial charge in [-0.15, -0.1) is 0 Å². The molecule has 1 unspecified atom stereocenters. The normalized spacial score (nSPS) is 23.4. The Balaban J connectivity index is 1.76. The summed E-state index contributed by atoms with van der Waals surface area (Å²) in [6.45, 7) is 5.87. The summed E-state index contributed by atoms with van der Waals surface area (Å²) < 4.78 is 0. The van der Waals surface area contributed by atoms with Crippen LogP contribution in [-0.4, -0.2) is 47.9 Å². The molecule has 2 aliphatic heterocycles. The molecule has 0 saturated carbocycles. The van der Waals surface area contributed by atoms with E-state index in [1.807, 2.05) is 30.0 Å². The van der Waals surface area contributed by atoms with E-state index in [1.54, 1.807) is 0 Å². The number of carbonyl (C=O) groups is 1. The van der Waals surface area contributed by atoms with Gasteiger partial charge in [0.15, 0.2) is 0 Å². The van der Waals surface area contributed by atoms with Gasteiger partial charge < -0.3 is 10.6 Å². The van der Waals surface area contributed by atoms with Crippen LogP contribution in [0.15, 0.2) is 18.2 Å². The largest absolute Gasteiger partial charge is 0.398 e. The molecule has 2 fully saturated rings. The van der Waals surface area contributed by atoms with E-state index in [2.05, 4.69) is 4.90 Å². The van der Waals surface area contributed by atoms with Crippen molar-refractivity contribution in [2.45, 2.75) is 32.2 Å². The number of piperazine rings is 1. The molecule has 0 spiro atoms. The van der Waals surface area contributed by atoms with Crippen LogP contribution in [-0.2, 0) is 0 Å². The first-order valence-corrected chi connectivity index (χ1v) is 7.54. The number of carbonyl (C=O) groups excluding carboxylic acids is 1. The Kier molecular flexibility index (Phi) is 3.66. The lowest BCUT2D eigenvalue weighted by Crippen LogP contribution is -2.56. The lowest BCUT2D eigenvalue weighted by Gasteiger charge is -2.44. The van der Waals surface area contributed by atoms with Crippen LogP contribution in [0.3, 0.4) is 0 Å². The van der Waals surface area contributed by atoms with Crippen molar-refractivity contribution in [3.63, 3.8) is 0 Å². The summed E-state index contributed by atoms with van der Waals surface area (Å²) in [5.74, 6) is 0.0939. The van der Waals surface area contributed by atoms with Crippen molar-refractivity contribution in [2.24, 2.45) is 0 Å². The van der Waals surface area contributed by atoms with Crippen LogP contribution >= 0.6 is 0 Å². The zero-order chi connectivity index (χ0) is 14.1. The zero-order valence-electron chi connectivity index (χ0n) is 12.1. The molecule has 20 heavy (non-hydrogen) atoms. The van der Waals surface area contributed by atoms with E-state index < -0.39 is 0 Å². The fourth-order valence-electron chi connectivity index (χ4n) is 3.37. The van der Waals surface area contributed by atoms with Crippen molar-refractivity contribution in [1.29, 1.82) is 0 Å². The molecule has 0 radical (unpaired) electrons. The van der Waals surface area contributed by atoms with Crippen LogP contribution in [0.4, 0.5) is 5.69 Å². The summed E-state index contributed by atoms with van der Waals surface area (Å²) in [7, 11) is 0. The Morgan fingerprint density at radius 1 is 1.25 bits per heavy atom. The second-order valence-corrected chi connectivity index (χ2v) is 6.03. The van der Waals surface area contributed by atoms with Crippen LogP contribution in [0.5, 0.6) is 0 Å². The number of fused-ring (bicyclic) bond motifs is 1. The van der Waals surface area contributed by atoms with E-state index in [-0.39, 0.29) is 5.91 Å². The molecular formula is C16H23N3O. The van der Waals surface area contributed by atoms with Crippen molar-refractivity contribution >= 4 is 11.6 Å². The number of benzene rings is 1. The Morgan fingerprint density at radius 2 is 2.10 bits per heavy atom. The van der Waals surface area contributed by atoms with Crippen LogP contribution in [0.2, 0.25) is 0 Å². The number of piperidine rings is 1. The Labute approximate surface area is 120 Å². The monoisotopic (exact) mass is 273 g/mol. The van der Waals surface area contributed by atoms with E-state index in [9.17, 15) is 4.79 Å². The zero-order valence-corrected chi connectivity index (χ0v) is 12.1. The average Bonchev–Trinajstić information content (AvgIpc) is 2.48. The first-order valence-electron chi connectivity index (χ1n) is 7.54. The molecule has 4 nitrogen and oxygen atoms in total. The van der Waals surface area contributed by atoms with Crippen LogP contribution < -0.4 is 5.73 Å². The van der Waals surface area contributed by atoms with Crippen molar-refractivity contribution in [3.8, 4) is 0 Å². The number of aryl methyl sites for hydroxylation is 1. The number of hydrogen-bond acceptors (Lipinski definition) is 3. The highest BCUT2D eigenvalue weighted by Crippen LogP contribution is 2.23. The minimum Gasteiger partial charge on any atom is -0.398 e. The minimum atomic E-state index is 0.0939. The quantitative estimate of drug-likeness (QED) is 0.795. The van der Waals surface area contributed by atoms with E-state index in [4.69, 9.17) is 5.73 Å². The highest BCUT2D eigenvalue weighted by Gasteiger charge is 2.31. The summed E-state index contributed by atoms with van der Waals surface area (Å²) in [5.41, 5.74) is 8.30. The second kappa shape index (κ2) is 5.44. The van der Waals surface area contributed by atoms with E-state index in [1.165, 1.54) is 25.8 Å². The smallest absolute Gasteiger partial charge is 0.256 e. The predicted molar refractivity (Wildman–Crippen MR) is 80.7 cm³/mol. The maximum Gasteiger partial charge on any atom is 0.256 e. The molecule has 3 rings (SSSR count). The standard InChI is InChI=1S/C16H23N3O/c1-12-5-6-15(17)14(10-12)16(20)19-9-8-18-7-3-2-4-13(18)11-19/h5-6,10,13H,2-4,7-9,11,17H2,1H3. The molecule has 108 valence electrons. The van der Waals surface area contributed by atoms with Crippen molar-refractivity contribution in [1.82, 2.24) is 9.80 Å². The molecule has 1 atom stereocenters. The van der Waals surface area contributed by atoms with Gasteiger partial charge in [0.2, 0.25) is 0 Å². The van der Waals surface area contributed by atoms with Gasteiger partial charge in [-0.2, -0.15) is 0 Å². The Hall–Kier alpha value is -1.55. The summed E-state index contributed by atoms with van der Waals surface area (Å²) in [6.07, 6.45) is 3.80. The van der Waals surface area contributed by atoms with E-state index >= 15 is 0 Å². The van der Waals surface area contributed by atoms with Crippen molar-refractivity contribution < 1.29 is 4.79 Å². The van der Waals surface area contributed by atoms with Gasteiger partial charge in [-0.05, 0) is 38.4 Å². The number of anilines is 1. The first-order chi connectivity index (χ1) is 9.65. The molecule has 1 aromatic carbocycles.